The Hall–Kier alpha value is -1.38. The van der Waals surface area contributed by atoms with Crippen LogP contribution in [-0.2, 0) is 12.8 Å². The van der Waals surface area contributed by atoms with Crippen molar-refractivity contribution in [1.29, 1.82) is 0 Å². The summed E-state index contributed by atoms with van der Waals surface area (Å²) in [6.07, 6.45) is 1.30. The van der Waals surface area contributed by atoms with Crippen LogP contribution < -0.4 is 0 Å². The van der Waals surface area contributed by atoms with Gasteiger partial charge in [-0.2, -0.15) is 0 Å². The van der Waals surface area contributed by atoms with Gasteiger partial charge in [0.2, 0.25) is 0 Å². The third-order valence-corrected chi connectivity index (χ3v) is 3.88. The fraction of sp³-hybridized carbons (Fsp3) is 0.294. The van der Waals surface area contributed by atoms with Gasteiger partial charge in [0.1, 0.15) is 5.82 Å². The molecule has 2 rings (SSSR count). The SMILES string of the molecule is CCC(O)(Cc1ccccc1)Cc1cccc(Cl)c1F. The van der Waals surface area contributed by atoms with Crippen LogP contribution >= 0.6 is 11.6 Å². The molecule has 0 fully saturated rings. The van der Waals surface area contributed by atoms with Crippen LogP contribution in [0.3, 0.4) is 0 Å². The number of aliphatic hydroxyl groups is 1. The predicted octanol–water partition coefficient (Wildman–Crippen LogP) is 4.41. The van der Waals surface area contributed by atoms with Crippen molar-refractivity contribution in [3.05, 3.63) is 70.5 Å². The minimum atomic E-state index is -0.965. The van der Waals surface area contributed by atoms with E-state index in [0.717, 1.165) is 5.56 Å². The van der Waals surface area contributed by atoms with Crippen LogP contribution in [0.1, 0.15) is 24.5 Å². The smallest absolute Gasteiger partial charge is 0.145 e. The van der Waals surface area contributed by atoms with Crippen LogP contribution in [0.5, 0.6) is 0 Å². The zero-order chi connectivity index (χ0) is 14.6. The van der Waals surface area contributed by atoms with Gasteiger partial charge in [0.15, 0.2) is 0 Å². The highest BCUT2D eigenvalue weighted by atomic mass is 35.5. The molecule has 0 amide bonds. The highest BCUT2D eigenvalue weighted by molar-refractivity contribution is 6.30. The Labute approximate surface area is 124 Å². The first-order valence-corrected chi connectivity index (χ1v) is 7.11. The molecule has 3 heteroatoms. The zero-order valence-corrected chi connectivity index (χ0v) is 12.2. The number of halogens is 2. The Morgan fingerprint density at radius 2 is 1.75 bits per heavy atom. The van der Waals surface area contributed by atoms with Crippen molar-refractivity contribution in [2.24, 2.45) is 0 Å². The van der Waals surface area contributed by atoms with Gasteiger partial charge in [0.25, 0.3) is 0 Å². The van der Waals surface area contributed by atoms with Crippen LogP contribution in [0, 0.1) is 5.82 Å². The van der Waals surface area contributed by atoms with Crippen LogP contribution in [-0.4, -0.2) is 10.7 Å². The highest BCUT2D eigenvalue weighted by Crippen LogP contribution is 2.26. The largest absolute Gasteiger partial charge is 0.389 e. The topological polar surface area (TPSA) is 20.2 Å². The van der Waals surface area contributed by atoms with Crippen molar-refractivity contribution in [2.75, 3.05) is 0 Å². The monoisotopic (exact) mass is 292 g/mol. The molecule has 1 nitrogen and oxygen atoms in total. The van der Waals surface area contributed by atoms with Gasteiger partial charge in [-0.3, -0.25) is 0 Å². The number of hydrogen-bond donors (Lipinski definition) is 1. The molecule has 0 spiro atoms. The van der Waals surface area contributed by atoms with Gasteiger partial charge in [-0.05, 0) is 23.6 Å². The van der Waals surface area contributed by atoms with E-state index in [2.05, 4.69) is 0 Å². The van der Waals surface area contributed by atoms with E-state index in [1.807, 2.05) is 37.3 Å². The third-order valence-electron chi connectivity index (χ3n) is 3.59. The average molecular weight is 293 g/mol. The minimum absolute atomic E-state index is 0.0978. The number of rotatable bonds is 5. The van der Waals surface area contributed by atoms with Crippen LogP contribution in [0.15, 0.2) is 48.5 Å². The lowest BCUT2D eigenvalue weighted by atomic mass is 9.86. The Morgan fingerprint density at radius 1 is 1.05 bits per heavy atom. The van der Waals surface area contributed by atoms with E-state index in [1.54, 1.807) is 12.1 Å². The quantitative estimate of drug-likeness (QED) is 0.866. The van der Waals surface area contributed by atoms with E-state index < -0.39 is 11.4 Å². The Morgan fingerprint density at radius 3 is 2.40 bits per heavy atom. The van der Waals surface area contributed by atoms with Gasteiger partial charge >= 0.3 is 0 Å². The average Bonchev–Trinajstić information content (AvgIpc) is 2.45. The molecule has 0 aromatic heterocycles. The van der Waals surface area contributed by atoms with E-state index in [4.69, 9.17) is 11.6 Å². The molecular formula is C17H18ClFO. The minimum Gasteiger partial charge on any atom is -0.389 e. The van der Waals surface area contributed by atoms with Gasteiger partial charge < -0.3 is 5.11 Å². The molecule has 1 unspecified atom stereocenters. The maximum absolute atomic E-state index is 14.0. The molecule has 0 radical (unpaired) electrons. The molecule has 0 bridgehead atoms. The molecule has 0 heterocycles. The van der Waals surface area contributed by atoms with Crippen molar-refractivity contribution in [1.82, 2.24) is 0 Å². The van der Waals surface area contributed by atoms with Gasteiger partial charge in [0, 0.05) is 12.8 Å². The van der Waals surface area contributed by atoms with Gasteiger partial charge in [-0.1, -0.05) is 61.0 Å². The molecule has 0 saturated heterocycles. The third kappa shape index (κ3) is 3.59. The van der Waals surface area contributed by atoms with Crippen molar-refractivity contribution in [3.8, 4) is 0 Å². The second-order valence-electron chi connectivity index (χ2n) is 5.13. The van der Waals surface area contributed by atoms with Crippen LogP contribution in [0.2, 0.25) is 5.02 Å². The fourth-order valence-corrected chi connectivity index (χ4v) is 2.52. The lowest BCUT2D eigenvalue weighted by Crippen LogP contribution is -2.33. The van der Waals surface area contributed by atoms with Crippen LogP contribution in [0.25, 0.3) is 0 Å². The number of hydrogen-bond acceptors (Lipinski definition) is 1. The number of benzene rings is 2. The van der Waals surface area contributed by atoms with E-state index in [1.165, 1.54) is 6.07 Å². The molecule has 0 aliphatic heterocycles. The molecule has 2 aromatic rings. The van der Waals surface area contributed by atoms with E-state index in [9.17, 15) is 9.50 Å². The maximum Gasteiger partial charge on any atom is 0.145 e. The van der Waals surface area contributed by atoms with Crippen LogP contribution in [0.4, 0.5) is 4.39 Å². The molecular weight excluding hydrogens is 275 g/mol. The van der Waals surface area contributed by atoms with Crippen molar-refractivity contribution in [2.45, 2.75) is 31.8 Å². The fourth-order valence-electron chi connectivity index (χ4n) is 2.33. The second kappa shape index (κ2) is 6.38. The summed E-state index contributed by atoms with van der Waals surface area (Å²) in [7, 11) is 0. The first-order valence-electron chi connectivity index (χ1n) is 6.73. The molecule has 2 aromatic carbocycles. The molecule has 1 N–H and O–H groups in total. The summed E-state index contributed by atoms with van der Waals surface area (Å²) in [4.78, 5) is 0. The lowest BCUT2D eigenvalue weighted by molar-refractivity contribution is 0.0360. The molecule has 1 atom stereocenters. The Kier molecular flexibility index (Phi) is 4.79. The van der Waals surface area contributed by atoms with Gasteiger partial charge in [-0.25, -0.2) is 4.39 Å². The Balaban J connectivity index is 2.21. The highest BCUT2D eigenvalue weighted by Gasteiger charge is 2.27. The van der Waals surface area contributed by atoms with E-state index in [0.29, 0.717) is 18.4 Å². The normalized spacial score (nSPS) is 14.0. The zero-order valence-electron chi connectivity index (χ0n) is 11.4. The lowest BCUT2D eigenvalue weighted by Gasteiger charge is -2.27. The second-order valence-corrected chi connectivity index (χ2v) is 5.54. The van der Waals surface area contributed by atoms with Gasteiger partial charge in [-0.15, -0.1) is 0 Å². The molecule has 20 heavy (non-hydrogen) atoms. The van der Waals surface area contributed by atoms with E-state index in [-0.39, 0.29) is 11.4 Å². The van der Waals surface area contributed by atoms with Crippen molar-refractivity contribution in [3.63, 3.8) is 0 Å². The Bertz CT molecular complexity index is 570. The first-order chi connectivity index (χ1) is 9.54. The van der Waals surface area contributed by atoms with Crippen molar-refractivity contribution < 1.29 is 9.50 Å². The maximum atomic E-state index is 14.0. The summed E-state index contributed by atoms with van der Waals surface area (Å²) in [6.45, 7) is 1.91. The molecule has 106 valence electrons. The summed E-state index contributed by atoms with van der Waals surface area (Å²) < 4.78 is 14.0. The standard InChI is InChI=1S/C17H18ClFO/c1-2-17(20,11-13-7-4-3-5-8-13)12-14-9-6-10-15(18)16(14)19/h3-10,20H,2,11-12H2,1H3. The summed E-state index contributed by atoms with van der Waals surface area (Å²) in [6, 6.07) is 14.6. The summed E-state index contributed by atoms with van der Waals surface area (Å²) in [5.41, 5.74) is 0.532. The summed E-state index contributed by atoms with van der Waals surface area (Å²) >= 11 is 5.79. The summed E-state index contributed by atoms with van der Waals surface area (Å²) in [5.74, 6) is -0.436. The predicted molar refractivity (Wildman–Crippen MR) is 80.5 cm³/mol. The molecule has 0 aliphatic carbocycles. The first kappa shape index (κ1) is 15.0. The molecule has 0 aliphatic rings. The van der Waals surface area contributed by atoms with Gasteiger partial charge in [0.05, 0.1) is 10.6 Å². The van der Waals surface area contributed by atoms with Crippen molar-refractivity contribution >= 4 is 11.6 Å². The van der Waals surface area contributed by atoms with E-state index >= 15 is 0 Å². The summed E-state index contributed by atoms with van der Waals surface area (Å²) in [5, 5.41) is 10.8. The molecule has 0 saturated carbocycles.